The highest BCUT2D eigenvalue weighted by molar-refractivity contribution is 4.90. The van der Waals surface area contributed by atoms with Crippen LogP contribution < -0.4 is 0 Å². The van der Waals surface area contributed by atoms with Gasteiger partial charge in [0, 0.05) is 0 Å². The van der Waals surface area contributed by atoms with Crippen LogP contribution in [0.4, 0.5) is 0 Å². The molecule has 0 unspecified atom stereocenters. The minimum atomic E-state index is -1.02. The van der Waals surface area contributed by atoms with Gasteiger partial charge < -0.3 is 24.8 Å². The highest BCUT2D eigenvalue weighted by Crippen LogP contribution is 2.20. The fraction of sp³-hybridized carbons (Fsp3) is 0.857. The van der Waals surface area contributed by atoms with Gasteiger partial charge in [0.05, 0.1) is 19.8 Å². The van der Waals surface area contributed by atoms with Crippen molar-refractivity contribution in [2.24, 2.45) is 0 Å². The maximum atomic E-state index is 9.71. The van der Waals surface area contributed by atoms with Gasteiger partial charge in [0.1, 0.15) is 24.4 Å². The van der Waals surface area contributed by atoms with E-state index in [4.69, 9.17) is 14.6 Å². The fourth-order valence-electron chi connectivity index (χ4n) is 2.12. The molecule has 0 amide bonds. The third-order valence-electron chi connectivity index (χ3n) is 3.25. The molecule has 5 heteroatoms. The molecule has 3 N–H and O–H groups in total. The molecule has 0 spiro atoms. The number of allylic oxidation sites excluding steroid dienone is 1. The number of unbranched alkanes of at least 4 members (excludes halogenated alkanes) is 3. The molecule has 0 aromatic heterocycles. The van der Waals surface area contributed by atoms with E-state index in [0.29, 0.717) is 6.61 Å². The van der Waals surface area contributed by atoms with Crippen molar-refractivity contribution in [2.75, 3.05) is 19.8 Å². The molecule has 1 rings (SSSR count). The maximum Gasteiger partial charge on any atom is 0.115 e. The largest absolute Gasteiger partial charge is 0.394 e. The highest BCUT2D eigenvalue weighted by atomic mass is 16.6. The Morgan fingerprint density at radius 1 is 1.37 bits per heavy atom. The van der Waals surface area contributed by atoms with Crippen molar-refractivity contribution >= 4 is 0 Å². The monoisotopic (exact) mass is 274 g/mol. The van der Waals surface area contributed by atoms with E-state index in [2.05, 4.69) is 13.0 Å². The summed E-state index contributed by atoms with van der Waals surface area (Å²) in [6.07, 6.45) is 5.61. The zero-order valence-corrected chi connectivity index (χ0v) is 11.6. The van der Waals surface area contributed by atoms with Crippen LogP contribution in [0.1, 0.15) is 32.6 Å². The lowest BCUT2D eigenvalue weighted by Gasteiger charge is -2.23. The van der Waals surface area contributed by atoms with E-state index < -0.39 is 31.0 Å². The van der Waals surface area contributed by atoms with E-state index >= 15 is 0 Å². The first kappa shape index (κ1) is 16.6. The molecule has 1 saturated heterocycles. The number of hydrogen-bond donors (Lipinski definition) is 3. The van der Waals surface area contributed by atoms with Crippen LogP contribution in [-0.2, 0) is 9.47 Å². The molecule has 0 aliphatic carbocycles. The van der Waals surface area contributed by atoms with Crippen LogP contribution in [0.15, 0.2) is 12.2 Å². The molecule has 0 aromatic rings. The van der Waals surface area contributed by atoms with E-state index in [1.54, 1.807) is 0 Å². The third kappa shape index (κ3) is 5.58. The van der Waals surface area contributed by atoms with Gasteiger partial charge in [0.2, 0.25) is 0 Å². The molecule has 1 fully saturated rings. The van der Waals surface area contributed by atoms with Crippen LogP contribution in [0, 0.1) is 0 Å². The molecule has 5 nitrogen and oxygen atoms in total. The van der Waals surface area contributed by atoms with Gasteiger partial charge in [-0.2, -0.15) is 0 Å². The number of aliphatic hydroxyl groups excluding tert-OH is 3. The second kappa shape index (κ2) is 9.44. The second-order valence-electron chi connectivity index (χ2n) is 4.88. The van der Waals surface area contributed by atoms with Crippen molar-refractivity contribution in [3.63, 3.8) is 0 Å². The maximum absolute atomic E-state index is 9.71. The molecule has 0 aromatic carbocycles. The Morgan fingerprint density at radius 2 is 2.16 bits per heavy atom. The van der Waals surface area contributed by atoms with Crippen molar-refractivity contribution in [3.05, 3.63) is 12.2 Å². The summed E-state index contributed by atoms with van der Waals surface area (Å²) < 4.78 is 10.8. The van der Waals surface area contributed by atoms with E-state index in [1.165, 1.54) is 19.3 Å². The molecule has 112 valence electrons. The zero-order valence-electron chi connectivity index (χ0n) is 11.6. The summed E-state index contributed by atoms with van der Waals surface area (Å²) in [6, 6.07) is 0. The van der Waals surface area contributed by atoms with Crippen molar-refractivity contribution in [1.29, 1.82) is 0 Å². The first-order valence-corrected chi connectivity index (χ1v) is 7.05. The standard InChI is InChI=1S/C14H26O5/c1-2-3-4-5-6-7-8-18-14-12(17)10-19-13(14)11(16)9-15/h6-7,11-17H,2-5,8-10H2,1H3/b7-6+/t11-,12+,13-,14-/m1/s1. The van der Waals surface area contributed by atoms with Gasteiger partial charge in [-0.1, -0.05) is 31.9 Å². The van der Waals surface area contributed by atoms with Gasteiger partial charge in [0.15, 0.2) is 0 Å². The predicted molar refractivity (Wildman–Crippen MR) is 71.9 cm³/mol. The normalized spacial score (nSPS) is 29.2. The lowest BCUT2D eigenvalue weighted by Crippen LogP contribution is -2.42. The summed E-state index contributed by atoms with van der Waals surface area (Å²) in [5, 5.41) is 28.2. The van der Waals surface area contributed by atoms with Crippen LogP contribution in [0.5, 0.6) is 0 Å². The molecule has 4 atom stereocenters. The number of aliphatic hydroxyl groups is 3. The molecule has 19 heavy (non-hydrogen) atoms. The Kier molecular flexibility index (Phi) is 8.25. The molecule has 0 bridgehead atoms. The molecule has 1 aliphatic rings. The molecule has 1 heterocycles. The Bertz CT molecular complexity index is 256. The summed E-state index contributed by atoms with van der Waals surface area (Å²) in [4.78, 5) is 0. The highest BCUT2D eigenvalue weighted by Gasteiger charge is 2.40. The van der Waals surface area contributed by atoms with Crippen LogP contribution in [0.3, 0.4) is 0 Å². The summed E-state index contributed by atoms with van der Waals surface area (Å²) in [5.41, 5.74) is 0. The zero-order chi connectivity index (χ0) is 14.1. The van der Waals surface area contributed by atoms with Crippen LogP contribution in [-0.4, -0.2) is 59.6 Å². The Hall–Kier alpha value is -0.460. The first-order chi connectivity index (χ1) is 9.20. The Morgan fingerprint density at radius 3 is 2.84 bits per heavy atom. The van der Waals surface area contributed by atoms with Gasteiger partial charge in [-0.25, -0.2) is 0 Å². The minimum Gasteiger partial charge on any atom is -0.394 e. The molecule has 0 radical (unpaired) electrons. The van der Waals surface area contributed by atoms with Gasteiger partial charge in [-0.05, 0) is 12.8 Å². The average Bonchev–Trinajstić information content (AvgIpc) is 2.78. The predicted octanol–water partition coefficient (Wildman–Crippen LogP) is 0.621. The smallest absolute Gasteiger partial charge is 0.115 e. The van der Waals surface area contributed by atoms with Gasteiger partial charge in [-0.15, -0.1) is 0 Å². The molecule has 0 saturated carbocycles. The van der Waals surface area contributed by atoms with Crippen molar-refractivity contribution in [3.8, 4) is 0 Å². The van der Waals surface area contributed by atoms with Crippen LogP contribution in [0.25, 0.3) is 0 Å². The van der Waals surface area contributed by atoms with Crippen molar-refractivity contribution in [1.82, 2.24) is 0 Å². The SMILES string of the molecule is CCCCC/C=C/CO[C@H]1[C@@H]([C@H](O)CO)OC[C@@H]1O. The lowest BCUT2D eigenvalue weighted by atomic mass is 10.1. The summed E-state index contributed by atoms with van der Waals surface area (Å²) in [5.74, 6) is 0. The van der Waals surface area contributed by atoms with Crippen LogP contribution in [0.2, 0.25) is 0 Å². The molecular formula is C14H26O5. The quantitative estimate of drug-likeness (QED) is 0.424. The summed E-state index contributed by atoms with van der Waals surface area (Å²) >= 11 is 0. The summed E-state index contributed by atoms with van der Waals surface area (Å²) in [6.45, 7) is 2.28. The minimum absolute atomic E-state index is 0.132. The Balaban J connectivity index is 2.25. The Labute approximate surface area is 114 Å². The van der Waals surface area contributed by atoms with E-state index in [1.807, 2.05) is 6.08 Å². The second-order valence-corrected chi connectivity index (χ2v) is 4.88. The van der Waals surface area contributed by atoms with Gasteiger partial charge in [0.25, 0.3) is 0 Å². The van der Waals surface area contributed by atoms with E-state index in [-0.39, 0.29) is 6.61 Å². The van der Waals surface area contributed by atoms with Gasteiger partial charge in [-0.3, -0.25) is 0 Å². The van der Waals surface area contributed by atoms with Crippen molar-refractivity contribution in [2.45, 2.75) is 57.0 Å². The van der Waals surface area contributed by atoms with Gasteiger partial charge >= 0.3 is 0 Å². The lowest BCUT2D eigenvalue weighted by molar-refractivity contribution is -0.0879. The number of rotatable bonds is 9. The van der Waals surface area contributed by atoms with E-state index in [0.717, 1.165) is 6.42 Å². The van der Waals surface area contributed by atoms with Crippen molar-refractivity contribution < 1.29 is 24.8 Å². The third-order valence-corrected chi connectivity index (χ3v) is 3.25. The first-order valence-electron chi connectivity index (χ1n) is 7.05. The molecule has 1 aliphatic heterocycles. The topological polar surface area (TPSA) is 79.2 Å². The average molecular weight is 274 g/mol. The summed E-state index contributed by atoms with van der Waals surface area (Å²) in [7, 11) is 0. The van der Waals surface area contributed by atoms with E-state index in [9.17, 15) is 10.2 Å². The molecular weight excluding hydrogens is 248 g/mol. The van der Waals surface area contributed by atoms with Crippen LogP contribution >= 0.6 is 0 Å². The fourth-order valence-corrected chi connectivity index (χ4v) is 2.12. The number of hydrogen-bond acceptors (Lipinski definition) is 5. The number of ether oxygens (including phenoxy) is 2.